The van der Waals surface area contributed by atoms with Gasteiger partial charge in [-0.05, 0) is 30.5 Å². The van der Waals surface area contributed by atoms with Crippen molar-refractivity contribution in [1.29, 1.82) is 0 Å². The summed E-state index contributed by atoms with van der Waals surface area (Å²) >= 11 is 0. The van der Waals surface area contributed by atoms with Crippen LogP contribution in [-0.4, -0.2) is 42.3 Å². The maximum atomic E-state index is 12.8. The van der Waals surface area contributed by atoms with E-state index in [1.165, 1.54) is 14.0 Å². The largest absolute Gasteiger partial charge is 0.494 e. The van der Waals surface area contributed by atoms with E-state index in [4.69, 9.17) is 4.74 Å². The SMILES string of the molecule is COc1cc(NC(=O)C2CCCN2C(=O)Cc2ccccc2)ccc1NC(C)=O. The summed E-state index contributed by atoms with van der Waals surface area (Å²) in [6.45, 7) is 1.99. The van der Waals surface area contributed by atoms with E-state index in [9.17, 15) is 14.4 Å². The molecular formula is C22H25N3O4. The van der Waals surface area contributed by atoms with Crippen molar-refractivity contribution >= 4 is 29.1 Å². The minimum absolute atomic E-state index is 0.0487. The summed E-state index contributed by atoms with van der Waals surface area (Å²) in [7, 11) is 1.49. The number of benzene rings is 2. The minimum Gasteiger partial charge on any atom is -0.494 e. The van der Waals surface area contributed by atoms with E-state index in [1.807, 2.05) is 30.3 Å². The summed E-state index contributed by atoms with van der Waals surface area (Å²) in [5.74, 6) is -0.0364. The third kappa shape index (κ3) is 5.13. The number of ether oxygens (including phenoxy) is 1. The fraction of sp³-hybridized carbons (Fsp3) is 0.318. The summed E-state index contributed by atoms with van der Waals surface area (Å²) in [6, 6.07) is 14.0. The van der Waals surface area contributed by atoms with Crippen molar-refractivity contribution in [3.05, 3.63) is 54.1 Å². The summed E-state index contributed by atoms with van der Waals surface area (Å²) in [6.07, 6.45) is 1.71. The van der Waals surface area contributed by atoms with Gasteiger partial charge in [-0.3, -0.25) is 14.4 Å². The highest BCUT2D eigenvalue weighted by Crippen LogP contribution is 2.29. The molecule has 152 valence electrons. The molecule has 0 aliphatic carbocycles. The Balaban J connectivity index is 1.67. The third-order valence-corrected chi connectivity index (χ3v) is 4.85. The van der Waals surface area contributed by atoms with Crippen LogP contribution in [0.2, 0.25) is 0 Å². The summed E-state index contributed by atoms with van der Waals surface area (Å²) in [4.78, 5) is 38.5. The van der Waals surface area contributed by atoms with Gasteiger partial charge in [-0.2, -0.15) is 0 Å². The van der Waals surface area contributed by atoms with Gasteiger partial charge in [0.05, 0.1) is 19.2 Å². The first-order chi connectivity index (χ1) is 14.0. The lowest BCUT2D eigenvalue weighted by Gasteiger charge is -2.24. The van der Waals surface area contributed by atoms with Gasteiger partial charge in [-0.25, -0.2) is 0 Å². The molecule has 1 atom stereocenters. The first kappa shape index (κ1) is 20.4. The van der Waals surface area contributed by atoms with Gasteiger partial charge in [0.25, 0.3) is 0 Å². The fourth-order valence-corrected chi connectivity index (χ4v) is 3.50. The van der Waals surface area contributed by atoms with Crippen LogP contribution in [-0.2, 0) is 20.8 Å². The molecule has 0 spiro atoms. The number of amides is 3. The van der Waals surface area contributed by atoms with E-state index < -0.39 is 6.04 Å². The lowest BCUT2D eigenvalue weighted by Crippen LogP contribution is -2.43. The Hall–Kier alpha value is -3.35. The van der Waals surface area contributed by atoms with Crippen molar-refractivity contribution in [2.24, 2.45) is 0 Å². The molecule has 0 aromatic heterocycles. The molecule has 7 heteroatoms. The average molecular weight is 395 g/mol. The molecule has 0 bridgehead atoms. The summed E-state index contributed by atoms with van der Waals surface area (Å²) in [5.41, 5.74) is 2.00. The van der Waals surface area contributed by atoms with Gasteiger partial charge in [0.1, 0.15) is 11.8 Å². The molecule has 1 unspecified atom stereocenters. The van der Waals surface area contributed by atoms with E-state index in [1.54, 1.807) is 23.1 Å². The van der Waals surface area contributed by atoms with Crippen molar-refractivity contribution in [2.45, 2.75) is 32.2 Å². The van der Waals surface area contributed by atoms with Crippen LogP contribution < -0.4 is 15.4 Å². The molecule has 29 heavy (non-hydrogen) atoms. The number of likely N-dealkylation sites (tertiary alicyclic amines) is 1. The number of anilines is 2. The monoisotopic (exact) mass is 395 g/mol. The van der Waals surface area contributed by atoms with Crippen LogP contribution in [0.25, 0.3) is 0 Å². The Kier molecular flexibility index (Phi) is 6.49. The van der Waals surface area contributed by atoms with Crippen LogP contribution >= 0.6 is 0 Å². The normalized spacial score (nSPS) is 15.7. The molecule has 2 N–H and O–H groups in total. The highest BCUT2D eigenvalue weighted by atomic mass is 16.5. The number of carbonyl (C=O) groups is 3. The van der Waals surface area contributed by atoms with Gasteiger partial charge in [-0.15, -0.1) is 0 Å². The molecule has 2 aromatic rings. The van der Waals surface area contributed by atoms with Crippen molar-refractivity contribution < 1.29 is 19.1 Å². The van der Waals surface area contributed by atoms with E-state index in [-0.39, 0.29) is 24.1 Å². The van der Waals surface area contributed by atoms with Gasteiger partial charge in [0.2, 0.25) is 17.7 Å². The molecule has 3 rings (SSSR count). The Bertz CT molecular complexity index is 898. The number of carbonyl (C=O) groups excluding carboxylic acids is 3. The van der Waals surface area contributed by atoms with Crippen molar-refractivity contribution in [3.63, 3.8) is 0 Å². The molecular weight excluding hydrogens is 370 g/mol. The van der Waals surface area contributed by atoms with E-state index in [2.05, 4.69) is 10.6 Å². The zero-order chi connectivity index (χ0) is 20.8. The molecule has 3 amide bonds. The lowest BCUT2D eigenvalue weighted by molar-refractivity contribution is -0.136. The average Bonchev–Trinajstić information content (AvgIpc) is 3.20. The Morgan fingerprint density at radius 2 is 1.86 bits per heavy atom. The molecule has 0 radical (unpaired) electrons. The predicted octanol–water partition coefficient (Wildman–Crippen LogP) is 2.83. The van der Waals surface area contributed by atoms with Crippen molar-refractivity contribution in [3.8, 4) is 5.75 Å². The number of hydrogen-bond donors (Lipinski definition) is 2. The quantitative estimate of drug-likeness (QED) is 0.787. The van der Waals surface area contributed by atoms with E-state index >= 15 is 0 Å². The van der Waals surface area contributed by atoms with Crippen LogP contribution in [0, 0.1) is 0 Å². The minimum atomic E-state index is -0.493. The second-order valence-corrected chi connectivity index (χ2v) is 6.99. The van der Waals surface area contributed by atoms with Crippen molar-refractivity contribution in [2.75, 3.05) is 24.3 Å². The Morgan fingerprint density at radius 1 is 1.10 bits per heavy atom. The van der Waals surface area contributed by atoms with Gasteiger partial charge in [-0.1, -0.05) is 30.3 Å². The van der Waals surface area contributed by atoms with Gasteiger partial charge in [0, 0.05) is 25.2 Å². The van der Waals surface area contributed by atoms with Gasteiger partial charge < -0.3 is 20.3 Å². The standard InChI is InChI=1S/C22H25N3O4/c1-15(26)23-18-11-10-17(14-20(18)29-2)24-22(28)19-9-6-12-25(19)21(27)13-16-7-4-3-5-8-16/h3-5,7-8,10-11,14,19H,6,9,12-13H2,1-2H3,(H,23,26)(H,24,28). The number of hydrogen-bond acceptors (Lipinski definition) is 4. The van der Waals surface area contributed by atoms with Gasteiger partial charge in [0.15, 0.2) is 0 Å². The highest BCUT2D eigenvalue weighted by Gasteiger charge is 2.34. The highest BCUT2D eigenvalue weighted by molar-refractivity contribution is 5.98. The second-order valence-electron chi connectivity index (χ2n) is 6.99. The van der Waals surface area contributed by atoms with Crippen LogP contribution in [0.1, 0.15) is 25.3 Å². The molecule has 1 saturated heterocycles. The maximum absolute atomic E-state index is 12.8. The van der Waals surface area contributed by atoms with Crippen LogP contribution in [0.4, 0.5) is 11.4 Å². The maximum Gasteiger partial charge on any atom is 0.247 e. The number of rotatable bonds is 6. The van der Waals surface area contributed by atoms with Crippen LogP contribution in [0.5, 0.6) is 5.75 Å². The predicted molar refractivity (Wildman–Crippen MR) is 111 cm³/mol. The van der Waals surface area contributed by atoms with Crippen LogP contribution in [0.15, 0.2) is 48.5 Å². The van der Waals surface area contributed by atoms with Crippen molar-refractivity contribution in [1.82, 2.24) is 4.90 Å². The van der Waals surface area contributed by atoms with E-state index in [0.717, 1.165) is 12.0 Å². The first-order valence-corrected chi connectivity index (χ1v) is 9.58. The molecule has 2 aromatic carbocycles. The first-order valence-electron chi connectivity index (χ1n) is 9.58. The summed E-state index contributed by atoms with van der Waals surface area (Å²) < 4.78 is 5.29. The van der Waals surface area contributed by atoms with Crippen LogP contribution in [0.3, 0.4) is 0 Å². The number of methoxy groups -OCH3 is 1. The zero-order valence-electron chi connectivity index (χ0n) is 16.6. The molecule has 7 nitrogen and oxygen atoms in total. The molecule has 1 heterocycles. The fourth-order valence-electron chi connectivity index (χ4n) is 3.50. The smallest absolute Gasteiger partial charge is 0.247 e. The Labute approximate surface area is 170 Å². The molecule has 1 aliphatic rings. The van der Waals surface area contributed by atoms with E-state index in [0.29, 0.717) is 30.1 Å². The zero-order valence-corrected chi connectivity index (χ0v) is 16.6. The topological polar surface area (TPSA) is 87.7 Å². The molecule has 1 fully saturated rings. The number of nitrogens with zero attached hydrogens (tertiary/aromatic N) is 1. The number of nitrogens with one attached hydrogen (secondary N) is 2. The Morgan fingerprint density at radius 3 is 2.55 bits per heavy atom. The lowest BCUT2D eigenvalue weighted by atomic mass is 10.1. The van der Waals surface area contributed by atoms with Gasteiger partial charge >= 0.3 is 0 Å². The second kappa shape index (κ2) is 9.23. The third-order valence-electron chi connectivity index (χ3n) is 4.85. The summed E-state index contributed by atoms with van der Waals surface area (Å²) in [5, 5.41) is 5.54. The molecule has 0 saturated carbocycles. The molecule has 1 aliphatic heterocycles.